The van der Waals surface area contributed by atoms with E-state index in [4.69, 9.17) is 27.5 Å². The Kier molecular flexibility index (Phi) is 8.42. The second-order valence-corrected chi connectivity index (χ2v) is 8.30. The molecule has 0 aliphatic carbocycles. The maximum atomic E-state index is 11.0. The van der Waals surface area contributed by atoms with Crippen molar-refractivity contribution in [2.75, 3.05) is 34.7 Å². The van der Waals surface area contributed by atoms with Gasteiger partial charge in [-0.05, 0) is 38.1 Å². The fraction of sp³-hybridized carbons (Fsp3) is 0.304. The predicted molar refractivity (Wildman–Crippen MR) is 122 cm³/mol. The highest BCUT2D eigenvalue weighted by Gasteiger charge is 2.13. The van der Waals surface area contributed by atoms with Crippen LogP contribution in [0.5, 0.6) is 28.7 Å². The van der Waals surface area contributed by atoms with Crippen LogP contribution in [0.2, 0.25) is 0 Å². The standard InChI is InChI=1S/C13H14O3.C10H14O5S/c1-9-12(14-2)7-10(8-13(9)15-3)11-5-4-6-16-11;1-7-9(13-2)5-8(6-10(7)14-3)15-16(4,11)12/h4-8H,1-3H3;5-6H,1-4H3. The van der Waals surface area contributed by atoms with Crippen LogP contribution in [-0.2, 0) is 10.1 Å². The Labute approximate surface area is 188 Å². The van der Waals surface area contributed by atoms with E-state index >= 15 is 0 Å². The lowest BCUT2D eigenvalue weighted by molar-refractivity contribution is 0.384. The third kappa shape index (κ3) is 6.34. The summed E-state index contributed by atoms with van der Waals surface area (Å²) in [5, 5.41) is 0. The maximum Gasteiger partial charge on any atom is 0.306 e. The van der Waals surface area contributed by atoms with Gasteiger partial charge in [0.15, 0.2) is 0 Å². The molecule has 174 valence electrons. The van der Waals surface area contributed by atoms with Crippen LogP contribution in [-0.4, -0.2) is 43.1 Å². The van der Waals surface area contributed by atoms with Crippen LogP contribution in [0.3, 0.4) is 0 Å². The van der Waals surface area contributed by atoms with E-state index < -0.39 is 10.1 Å². The van der Waals surface area contributed by atoms with E-state index in [1.807, 2.05) is 38.1 Å². The number of benzene rings is 2. The average molecular weight is 465 g/mol. The van der Waals surface area contributed by atoms with Crippen LogP contribution in [0.4, 0.5) is 0 Å². The second kappa shape index (κ2) is 10.8. The molecule has 0 saturated heterocycles. The topological polar surface area (TPSA) is 93.4 Å². The van der Waals surface area contributed by atoms with Crippen molar-refractivity contribution in [3.05, 3.63) is 53.8 Å². The smallest absolute Gasteiger partial charge is 0.306 e. The van der Waals surface area contributed by atoms with E-state index in [0.717, 1.165) is 40.2 Å². The van der Waals surface area contributed by atoms with Gasteiger partial charge < -0.3 is 27.5 Å². The minimum atomic E-state index is -3.55. The first-order valence-electron chi connectivity index (χ1n) is 9.52. The molecule has 0 atom stereocenters. The van der Waals surface area contributed by atoms with Crippen LogP contribution in [0, 0.1) is 13.8 Å². The lowest BCUT2D eigenvalue weighted by atomic mass is 10.1. The Morgan fingerprint density at radius 3 is 1.53 bits per heavy atom. The molecule has 9 heteroatoms. The van der Waals surface area contributed by atoms with Gasteiger partial charge in [0.1, 0.15) is 34.5 Å². The Morgan fingerprint density at radius 2 is 1.19 bits per heavy atom. The Hall–Kier alpha value is -3.33. The quantitative estimate of drug-likeness (QED) is 0.468. The van der Waals surface area contributed by atoms with Crippen LogP contribution in [0.25, 0.3) is 11.3 Å². The molecule has 1 aromatic heterocycles. The van der Waals surface area contributed by atoms with Crippen molar-refractivity contribution >= 4 is 10.1 Å². The maximum absolute atomic E-state index is 11.0. The fourth-order valence-corrected chi connectivity index (χ4v) is 3.40. The molecule has 3 aromatic rings. The van der Waals surface area contributed by atoms with Crippen molar-refractivity contribution in [1.82, 2.24) is 0 Å². The highest BCUT2D eigenvalue weighted by molar-refractivity contribution is 7.86. The van der Waals surface area contributed by atoms with Gasteiger partial charge in [-0.3, -0.25) is 0 Å². The van der Waals surface area contributed by atoms with Gasteiger partial charge in [0.05, 0.1) is 41.0 Å². The number of ether oxygens (including phenoxy) is 4. The summed E-state index contributed by atoms with van der Waals surface area (Å²) in [6, 6.07) is 10.6. The predicted octanol–water partition coefficient (Wildman–Crippen LogP) is 4.62. The first-order chi connectivity index (χ1) is 15.1. The van der Waals surface area contributed by atoms with Gasteiger partial charge in [-0.25, -0.2) is 0 Å². The van der Waals surface area contributed by atoms with E-state index in [2.05, 4.69) is 0 Å². The Morgan fingerprint density at radius 1 is 0.750 bits per heavy atom. The first kappa shape index (κ1) is 24.9. The van der Waals surface area contributed by atoms with Crippen molar-refractivity contribution < 1.29 is 36.0 Å². The molecule has 1 heterocycles. The molecule has 0 saturated carbocycles. The van der Waals surface area contributed by atoms with E-state index in [-0.39, 0.29) is 5.75 Å². The Balaban J connectivity index is 0.000000227. The molecule has 0 fully saturated rings. The molecule has 0 radical (unpaired) electrons. The monoisotopic (exact) mass is 464 g/mol. The van der Waals surface area contributed by atoms with E-state index in [1.54, 1.807) is 20.5 Å². The third-order valence-corrected chi connectivity index (χ3v) is 5.03. The number of rotatable bonds is 7. The molecule has 0 spiro atoms. The normalized spacial score (nSPS) is 10.6. The number of hydrogen-bond acceptors (Lipinski definition) is 8. The molecule has 0 aliphatic rings. The van der Waals surface area contributed by atoms with Crippen LogP contribution >= 0.6 is 0 Å². The minimum Gasteiger partial charge on any atom is -0.496 e. The number of hydrogen-bond donors (Lipinski definition) is 0. The van der Waals surface area contributed by atoms with Crippen molar-refractivity contribution in [1.29, 1.82) is 0 Å². The molecule has 2 aromatic carbocycles. The molecule has 0 aliphatic heterocycles. The van der Waals surface area contributed by atoms with Gasteiger partial charge in [-0.2, -0.15) is 8.42 Å². The van der Waals surface area contributed by atoms with E-state index in [1.165, 1.54) is 26.4 Å². The number of methoxy groups -OCH3 is 4. The molecule has 0 amide bonds. The summed E-state index contributed by atoms with van der Waals surface area (Å²) in [6.45, 7) is 3.77. The summed E-state index contributed by atoms with van der Waals surface area (Å²) >= 11 is 0. The minimum absolute atomic E-state index is 0.168. The molecule has 0 N–H and O–H groups in total. The van der Waals surface area contributed by atoms with Gasteiger partial charge in [0.25, 0.3) is 0 Å². The molecular weight excluding hydrogens is 436 g/mol. The molecule has 8 nitrogen and oxygen atoms in total. The largest absolute Gasteiger partial charge is 0.496 e. The molecule has 32 heavy (non-hydrogen) atoms. The van der Waals surface area contributed by atoms with Crippen molar-refractivity contribution in [3.63, 3.8) is 0 Å². The zero-order valence-corrected chi connectivity index (χ0v) is 20.0. The zero-order valence-electron chi connectivity index (χ0n) is 19.2. The van der Waals surface area contributed by atoms with Crippen LogP contribution in [0.1, 0.15) is 11.1 Å². The SMILES string of the molecule is COc1cc(-c2ccco2)cc(OC)c1C.COc1cc(OS(C)(=O)=O)cc(OC)c1C. The summed E-state index contributed by atoms with van der Waals surface area (Å²) in [5.41, 5.74) is 2.72. The summed E-state index contributed by atoms with van der Waals surface area (Å²) in [5.74, 6) is 3.59. The summed E-state index contributed by atoms with van der Waals surface area (Å²) < 4.78 is 52.8. The van der Waals surface area contributed by atoms with Gasteiger partial charge in [0.2, 0.25) is 0 Å². The summed E-state index contributed by atoms with van der Waals surface area (Å²) in [4.78, 5) is 0. The average Bonchev–Trinajstić information content (AvgIpc) is 3.29. The molecule has 0 unspecified atom stereocenters. The van der Waals surface area contributed by atoms with E-state index in [9.17, 15) is 8.42 Å². The van der Waals surface area contributed by atoms with Gasteiger partial charge >= 0.3 is 10.1 Å². The summed E-state index contributed by atoms with van der Waals surface area (Å²) in [7, 11) is 2.73. The Bertz CT molecular complexity index is 1080. The highest BCUT2D eigenvalue weighted by Crippen LogP contribution is 2.35. The zero-order chi connectivity index (χ0) is 23.9. The van der Waals surface area contributed by atoms with Crippen molar-refractivity contribution in [3.8, 4) is 40.1 Å². The lowest BCUT2D eigenvalue weighted by Crippen LogP contribution is -2.06. The van der Waals surface area contributed by atoms with Crippen molar-refractivity contribution in [2.24, 2.45) is 0 Å². The van der Waals surface area contributed by atoms with Crippen LogP contribution < -0.4 is 23.1 Å². The number of furan rings is 1. The first-order valence-corrected chi connectivity index (χ1v) is 11.3. The van der Waals surface area contributed by atoms with Gasteiger partial charge in [0, 0.05) is 28.8 Å². The molecular formula is C23H28O8S. The van der Waals surface area contributed by atoms with Gasteiger partial charge in [-0.15, -0.1) is 0 Å². The fourth-order valence-electron chi connectivity index (χ4n) is 2.96. The molecule has 3 rings (SSSR count). The highest BCUT2D eigenvalue weighted by atomic mass is 32.2. The third-order valence-electron chi connectivity index (χ3n) is 4.53. The lowest BCUT2D eigenvalue weighted by Gasteiger charge is -2.12. The van der Waals surface area contributed by atoms with E-state index in [0.29, 0.717) is 11.5 Å². The summed E-state index contributed by atoms with van der Waals surface area (Å²) in [6.07, 6.45) is 2.62. The molecule has 0 bridgehead atoms. The van der Waals surface area contributed by atoms with Crippen LogP contribution in [0.15, 0.2) is 47.1 Å². The van der Waals surface area contributed by atoms with Gasteiger partial charge in [-0.1, -0.05) is 0 Å². The second-order valence-electron chi connectivity index (χ2n) is 6.72. The van der Waals surface area contributed by atoms with Crippen molar-refractivity contribution in [2.45, 2.75) is 13.8 Å².